The van der Waals surface area contributed by atoms with Gasteiger partial charge in [-0.1, -0.05) is 35.6 Å². The second kappa shape index (κ2) is 7.09. The summed E-state index contributed by atoms with van der Waals surface area (Å²) in [6.07, 6.45) is 2.06. The monoisotopic (exact) mass is 439 g/mol. The number of thiocarbonyl (C=S) groups is 1. The molecule has 4 rings (SSSR count). The summed E-state index contributed by atoms with van der Waals surface area (Å²) in [7, 11) is -3.10. The van der Waals surface area contributed by atoms with Gasteiger partial charge in [0.25, 0.3) is 5.91 Å². The number of sulfone groups is 1. The molecule has 2 aliphatic heterocycles. The molecule has 0 saturated carbocycles. The highest BCUT2D eigenvalue weighted by atomic mass is 35.5. The zero-order chi connectivity index (χ0) is 19.2. The van der Waals surface area contributed by atoms with Crippen molar-refractivity contribution in [3.8, 4) is 11.3 Å². The molecule has 2 saturated heterocycles. The van der Waals surface area contributed by atoms with E-state index in [1.807, 2.05) is 18.2 Å². The van der Waals surface area contributed by atoms with Gasteiger partial charge in [-0.15, -0.1) is 0 Å². The molecule has 1 amide bonds. The van der Waals surface area contributed by atoms with Crippen LogP contribution in [0.5, 0.6) is 0 Å². The average molecular weight is 440 g/mol. The Morgan fingerprint density at radius 2 is 1.96 bits per heavy atom. The summed E-state index contributed by atoms with van der Waals surface area (Å²) in [6.45, 7) is 0. The zero-order valence-corrected chi connectivity index (χ0v) is 17.1. The van der Waals surface area contributed by atoms with Crippen molar-refractivity contribution in [3.05, 3.63) is 52.1 Å². The van der Waals surface area contributed by atoms with Gasteiger partial charge in [-0.2, -0.15) is 0 Å². The third-order valence-corrected chi connectivity index (χ3v) is 7.76. The molecule has 0 radical (unpaired) electrons. The van der Waals surface area contributed by atoms with Gasteiger partial charge in [-0.05, 0) is 42.8 Å². The number of hydrogen-bond acceptors (Lipinski definition) is 6. The molecule has 0 bridgehead atoms. The first kappa shape index (κ1) is 18.7. The van der Waals surface area contributed by atoms with E-state index in [1.165, 1.54) is 16.7 Å². The Morgan fingerprint density at radius 3 is 2.63 bits per heavy atom. The first-order chi connectivity index (χ1) is 12.8. The quantitative estimate of drug-likeness (QED) is 0.532. The van der Waals surface area contributed by atoms with Crippen LogP contribution in [0.1, 0.15) is 12.2 Å². The topological polar surface area (TPSA) is 67.6 Å². The van der Waals surface area contributed by atoms with Crippen molar-refractivity contribution >= 4 is 61.7 Å². The molecule has 2 aliphatic rings. The van der Waals surface area contributed by atoms with Crippen LogP contribution in [0.2, 0.25) is 5.02 Å². The van der Waals surface area contributed by atoms with Crippen LogP contribution in [-0.4, -0.2) is 41.1 Å². The minimum atomic E-state index is -3.10. The molecule has 140 valence electrons. The third-order valence-electron chi connectivity index (χ3n) is 4.43. The zero-order valence-electron chi connectivity index (χ0n) is 13.9. The summed E-state index contributed by atoms with van der Waals surface area (Å²) < 4.78 is 29.6. The van der Waals surface area contributed by atoms with E-state index in [1.54, 1.807) is 24.3 Å². The molecule has 1 aromatic carbocycles. The summed E-state index contributed by atoms with van der Waals surface area (Å²) in [4.78, 5) is 14.6. The lowest BCUT2D eigenvalue weighted by molar-refractivity contribution is -0.123. The largest absolute Gasteiger partial charge is 0.457 e. The first-order valence-electron chi connectivity index (χ1n) is 8.16. The maximum Gasteiger partial charge on any atom is 0.266 e. The highest BCUT2D eigenvalue weighted by Crippen LogP contribution is 2.37. The molecule has 27 heavy (non-hydrogen) atoms. The van der Waals surface area contributed by atoms with Gasteiger partial charge in [0.1, 0.15) is 15.8 Å². The summed E-state index contributed by atoms with van der Waals surface area (Å²) in [5.41, 5.74) is 0.878. The van der Waals surface area contributed by atoms with Gasteiger partial charge in [0, 0.05) is 16.7 Å². The van der Waals surface area contributed by atoms with Crippen molar-refractivity contribution < 1.29 is 17.6 Å². The smallest absolute Gasteiger partial charge is 0.266 e. The van der Waals surface area contributed by atoms with Crippen LogP contribution in [0.25, 0.3) is 17.4 Å². The second-order valence-corrected chi connectivity index (χ2v) is 10.7. The molecule has 0 N–H and O–H groups in total. The molecule has 0 aliphatic carbocycles. The fraction of sp³-hybridized carbons (Fsp3) is 0.222. The molecule has 1 atom stereocenters. The standard InChI is InChI=1S/C18H14ClNO4S3/c19-12-3-1-11(2-4-12)15-6-5-14(24-15)9-16-17(21)20(18(25)26-16)13-7-8-27(22,23)10-13/h1-6,9,13H,7-8,10H2/b16-9+. The van der Waals surface area contributed by atoms with E-state index < -0.39 is 9.84 Å². The van der Waals surface area contributed by atoms with Crippen molar-refractivity contribution in [3.63, 3.8) is 0 Å². The van der Waals surface area contributed by atoms with E-state index in [9.17, 15) is 13.2 Å². The number of furan rings is 1. The van der Waals surface area contributed by atoms with Crippen LogP contribution in [0.3, 0.4) is 0 Å². The molecule has 3 heterocycles. The number of rotatable bonds is 3. The molecule has 1 unspecified atom stereocenters. The Bertz CT molecular complexity index is 1060. The number of nitrogens with zero attached hydrogens (tertiary/aromatic N) is 1. The number of carbonyl (C=O) groups is 1. The van der Waals surface area contributed by atoms with Crippen LogP contribution in [0.4, 0.5) is 0 Å². The number of amides is 1. The van der Waals surface area contributed by atoms with Gasteiger partial charge >= 0.3 is 0 Å². The lowest BCUT2D eigenvalue weighted by Gasteiger charge is -2.20. The minimum Gasteiger partial charge on any atom is -0.457 e. The van der Waals surface area contributed by atoms with Crippen molar-refractivity contribution in [1.82, 2.24) is 4.90 Å². The third kappa shape index (κ3) is 3.85. The molecule has 9 heteroatoms. The van der Waals surface area contributed by atoms with Gasteiger partial charge in [0.15, 0.2) is 9.84 Å². The Morgan fingerprint density at radius 1 is 1.22 bits per heavy atom. The molecule has 1 aromatic heterocycles. The second-order valence-electron chi connectivity index (χ2n) is 6.32. The van der Waals surface area contributed by atoms with Crippen LogP contribution < -0.4 is 0 Å². The number of carbonyl (C=O) groups excluding carboxylic acids is 1. The molecular weight excluding hydrogens is 426 g/mol. The van der Waals surface area contributed by atoms with Gasteiger partial charge in [-0.3, -0.25) is 9.69 Å². The number of benzene rings is 1. The predicted molar refractivity (Wildman–Crippen MR) is 111 cm³/mol. The van der Waals surface area contributed by atoms with Crippen molar-refractivity contribution in [2.75, 3.05) is 11.5 Å². The lowest BCUT2D eigenvalue weighted by atomic mass is 10.2. The van der Waals surface area contributed by atoms with Crippen molar-refractivity contribution in [1.29, 1.82) is 0 Å². The van der Waals surface area contributed by atoms with Gasteiger partial charge < -0.3 is 4.42 Å². The molecular formula is C18H14ClNO4S3. The Kier molecular flexibility index (Phi) is 4.92. The number of thioether (sulfide) groups is 1. The minimum absolute atomic E-state index is 0.0335. The lowest BCUT2D eigenvalue weighted by Crippen LogP contribution is -2.39. The van der Waals surface area contributed by atoms with Crippen molar-refractivity contribution in [2.45, 2.75) is 12.5 Å². The summed E-state index contributed by atoms with van der Waals surface area (Å²) in [5.74, 6) is 0.983. The van der Waals surface area contributed by atoms with Crippen LogP contribution in [0.15, 0.2) is 45.7 Å². The van der Waals surface area contributed by atoms with Gasteiger partial charge in [-0.25, -0.2) is 8.42 Å². The van der Waals surface area contributed by atoms with Crippen LogP contribution in [0, 0.1) is 0 Å². The maximum atomic E-state index is 12.7. The number of hydrogen-bond donors (Lipinski definition) is 0. The van der Waals surface area contributed by atoms with Gasteiger partial charge in [0.2, 0.25) is 0 Å². The number of halogens is 1. The van der Waals surface area contributed by atoms with E-state index in [2.05, 4.69) is 0 Å². The maximum absolute atomic E-state index is 12.7. The summed E-state index contributed by atoms with van der Waals surface area (Å²) >= 11 is 12.4. The van der Waals surface area contributed by atoms with E-state index in [-0.39, 0.29) is 23.5 Å². The fourth-order valence-corrected chi connectivity index (χ4v) is 6.31. The summed E-state index contributed by atoms with van der Waals surface area (Å²) in [6, 6.07) is 10.5. The fourth-order valence-electron chi connectivity index (χ4n) is 3.10. The Labute approximate surface area is 171 Å². The van der Waals surface area contributed by atoms with E-state index in [0.29, 0.717) is 32.2 Å². The van der Waals surface area contributed by atoms with E-state index in [4.69, 9.17) is 28.2 Å². The van der Waals surface area contributed by atoms with Crippen molar-refractivity contribution in [2.24, 2.45) is 0 Å². The molecule has 5 nitrogen and oxygen atoms in total. The van der Waals surface area contributed by atoms with Crippen LogP contribution in [-0.2, 0) is 14.6 Å². The van der Waals surface area contributed by atoms with E-state index >= 15 is 0 Å². The Hall–Kier alpha value is -1.61. The predicted octanol–water partition coefficient (Wildman–Crippen LogP) is 3.99. The summed E-state index contributed by atoms with van der Waals surface area (Å²) in [5, 5.41) is 0.642. The van der Waals surface area contributed by atoms with Gasteiger partial charge in [0.05, 0.1) is 22.5 Å². The van der Waals surface area contributed by atoms with E-state index in [0.717, 1.165) is 5.56 Å². The first-order valence-corrected chi connectivity index (χ1v) is 11.6. The average Bonchev–Trinajstić information content (AvgIpc) is 3.28. The molecule has 0 spiro atoms. The highest BCUT2D eigenvalue weighted by molar-refractivity contribution is 8.26. The highest BCUT2D eigenvalue weighted by Gasteiger charge is 2.42. The van der Waals surface area contributed by atoms with Crippen LogP contribution >= 0.6 is 35.6 Å². The normalized spacial score (nSPS) is 23.5. The Balaban J connectivity index is 1.56. The molecule has 2 aromatic rings. The molecule has 2 fully saturated rings. The SMILES string of the molecule is O=C1/C(=C\c2ccc(-c3ccc(Cl)cc3)o2)SC(=S)N1C1CCS(=O)(=O)C1.